The molecule has 1 aliphatic carbocycles. The number of nitrogens with zero attached hydrogens (tertiary/aromatic N) is 6. The summed E-state index contributed by atoms with van der Waals surface area (Å²) < 4.78 is 0. The highest BCUT2D eigenvalue weighted by Gasteiger charge is 2.67. The fourth-order valence-electron chi connectivity index (χ4n) is 2.89. The van der Waals surface area contributed by atoms with Gasteiger partial charge in [-0.3, -0.25) is 0 Å². The summed E-state index contributed by atoms with van der Waals surface area (Å²) >= 11 is 0. The van der Waals surface area contributed by atoms with Crippen molar-refractivity contribution >= 4 is 0 Å². The minimum atomic E-state index is -2.28. The van der Waals surface area contributed by atoms with Gasteiger partial charge in [0.05, 0.1) is 36.4 Å². The third kappa shape index (κ3) is 1.96. The zero-order chi connectivity index (χ0) is 16.0. The molecule has 1 fully saturated rings. The lowest BCUT2D eigenvalue weighted by molar-refractivity contribution is 0.158. The monoisotopic (exact) mass is 276 g/mol. The highest BCUT2D eigenvalue weighted by Crippen LogP contribution is 2.56. The van der Waals surface area contributed by atoms with Gasteiger partial charge in [0.2, 0.25) is 5.41 Å². The smallest absolute Gasteiger partial charge is 0.196 e. The molecule has 102 valence electrons. The molecule has 1 saturated carbocycles. The first-order chi connectivity index (χ1) is 10.1. The van der Waals surface area contributed by atoms with E-state index in [0.29, 0.717) is 12.8 Å². The van der Waals surface area contributed by atoms with E-state index in [1.165, 1.54) is 0 Å². The molecule has 0 radical (unpaired) electrons. The molecule has 0 spiro atoms. The van der Waals surface area contributed by atoms with E-state index in [0.717, 1.165) is 12.8 Å². The molecule has 0 atom stereocenters. The number of hydrogen-bond donors (Lipinski definition) is 0. The highest BCUT2D eigenvalue weighted by molar-refractivity contribution is 5.44. The molecule has 0 aromatic rings. The fraction of sp³-hybridized carbons (Fsp3) is 0.600. The van der Waals surface area contributed by atoms with Crippen molar-refractivity contribution in [2.75, 3.05) is 0 Å². The molecule has 0 aromatic carbocycles. The Balaban J connectivity index is 3.81. The minimum absolute atomic E-state index is 0.00618. The molecule has 0 aliphatic heterocycles. The van der Waals surface area contributed by atoms with Crippen molar-refractivity contribution in [2.24, 2.45) is 16.2 Å². The second kappa shape index (κ2) is 5.93. The predicted octanol–water partition coefficient (Wildman–Crippen LogP) is 2.44. The van der Waals surface area contributed by atoms with Crippen molar-refractivity contribution in [3.8, 4) is 36.4 Å². The Morgan fingerprint density at radius 1 is 0.476 bits per heavy atom. The lowest BCUT2D eigenvalue weighted by atomic mass is 9.51. The van der Waals surface area contributed by atoms with Crippen molar-refractivity contribution in [3.63, 3.8) is 0 Å². The van der Waals surface area contributed by atoms with Crippen LogP contribution in [0.4, 0.5) is 0 Å². The molecule has 6 heteroatoms. The Hall–Kier alpha value is -3.06. The number of hydrogen-bond acceptors (Lipinski definition) is 6. The van der Waals surface area contributed by atoms with Gasteiger partial charge in [-0.05, 0) is 12.8 Å². The van der Waals surface area contributed by atoms with Gasteiger partial charge in [-0.2, -0.15) is 31.6 Å². The Morgan fingerprint density at radius 2 is 0.810 bits per heavy atom. The van der Waals surface area contributed by atoms with E-state index >= 15 is 0 Å². The van der Waals surface area contributed by atoms with Crippen LogP contribution in [-0.4, -0.2) is 0 Å². The van der Waals surface area contributed by atoms with E-state index in [9.17, 15) is 31.6 Å². The maximum absolute atomic E-state index is 9.57. The van der Waals surface area contributed by atoms with Crippen LogP contribution in [0.2, 0.25) is 0 Å². The van der Waals surface area contributed by atoms with Crippen molar-refractivity contribution in [2.45, 2.75) is 38.5 Å². The second-order valence-corrected chi connectivity index (χ2v) is 5.15. The van der Waals surface area contributed by atoms with E-state index < -0.39 is 16.2 Å². The highest BCUT2D eigenvalue weighted by atomic mass is 14.6. The van der Waals surface area contributed by atoms with Gasteiger partial charge in [-0.1, -0.05) is 25.7 Å². The molecule has 0 N–H and O–H groups in total. The Labute approximate surface area is 123 Å². The van der Waals surface area contributed by atoms with Crippen LogP contribution >= 0.6 is 0 Å². The van der Waals surface area contributed by atoms with E-state index in [4.69, 9.17) is 0 Å². The average molecular weight is 276 g/mol. The van der Waals surface area contributed by atoms with Crippen LogP contribution < -0.4 is 0 Å². The quantitative estimate of drug-likeness (QED) is 0.664. The van der Waals surface area contributed by atoms with E-state index in [2.05, 4.69) is 0 Å². The molecule has 0 unspecified atom stereocenters. The molecule has 0 saturated heterocycles. The van der Waals surface area contributed by atoms with Crippen molar-refractivity contribution in [1.82, 2.24) is 0 Å². The largest absolute Gasteiger partial charge is 0.206 e. The topological polar surface area (TPSA) is 143 Å². The predicted molar refractivity (Wildman–Crippen MR) is 68.7 cm³/mol. The average Bonchev–Trinajstić information content (AvgIpc) is 2.61. The molecular weight excluding hydrogens is 264 g/mol. The Bertz CT molecular complexity index is 576. The van der Waals surface area contributed by atoms with E-state index in [1.54, 1.807) is 36.4 Å². The van der Waals surface area contributed by atoms with Crippen LogP contribution in [0, 0.1) is 84.2 Å². The number of rotatable bonds is 0. The summed E-state index contributed by atoms with van der Waals surface area (Å²) in [5.41, 5.74) is -6.24. The van der Waals surface area contributed by atoms with Crippen LogP contribution in [0.15, 0.2) is 0 Å². The summed E-state index contributed by atoms with van der Waals surface area (Å²) in [7, 11) is 0. The fourth-order valence-corrected chi connectivity index (χ4v) is 2.89. The van der Waals surface area contributed by atoms with E-state index in [-0.39, 0.29) is 12.8 Å². The first-order valence-corrected chi connectivity index (χ1v) is 6.55. The summed E-state index contributed by atoms with van der Waals surface area (Å²) in [5, 5.41) is 57.0. The standard InChI is InChI=1S/C15H12N6/c16-7-13(8-17)5-3-1-2-4-6-14(9-18,10-19)15(13,11-20)12-21/h1-6H2. The zero-order valence-corrected chi connectivity index (χ0v) is 11.4. The SMILES string of the molecule is N#CC1(C#N)CCCCCCC(C#N)(C#N)C1(C#N)C#N. The molecule has 21 heavy (non-hydrogen) atoms. The second-order valence-electron chi connectivity index (χ2n) is 5.15. The van der Waals surface area contributed by atoms with Gasteiger partial charge in [0.1, 0.15) is 0 Å². The van der Waals surface area contributed by atoms with Crippen LogP contribution in [-0.2, 0) is 0 Å². The summed E-state index contributed by atoms with van der Waals surface area (Å²) in [4.78, 5) is 0. The van der Waals surface area contributed by atoms with E-state index in [1.807, 2.05) is 0 Å². The summed E-state index contributed by atoms with van der Waals surface area (Å²) in [5.74, 6) is 0. The summed E-state index contributed by atoms with van der Waals surface area (Å²) in [6, 6.07) is 10.5. The van der Waals surface area contributed by atoms with Crippen molar-refractivity contribution in [3.05, 3.63) is 0 Å². The molecule has 0 heterocycles. The Kier molecular flexibility index (Phi) is 4.52. The van der Waals surface area contributed by atoms with Crippen molar-refractivity contribution in [1.29, 1.82) is 31.6 Å². The van der Waals surface area contributed by atoms with Crippen molar-refractivity contribution < 1.29 is 0 Å². The van der Waals surface area contributed by atoms with Gasteiger partial charge in [-0.15, -0.1) is 0 Å². The molecule has 1 aliphatic rings. The summed E-state index contributed by atoms with van der Waals surface area (Å²) in [6.45, 7) is 0. The van der Waals surface area contributed by atoms with Gasteiger partial charge >= 0.3 is 0 Å². The van der Waals surface area contributed by atoms with Gasteiger partial charge < -0.3 is 0 Å². The van der Waals surface area contributed by atoms with Crippen LogP contribution in [0.25, 0.3) is 0 Å². The van der Waals surface area contributed by atoms with Crippen LogP contribution in [0.3, 0.4) is 0 Å². The molecule has 0 amide bonds. The molecule has 6 nitrogen and oxygen atoms in total. The lowest BCUT2D eigenvalue weighted by Gasteiger charge is -2.38. The normalized spacial score (nSPS) is 22.0. The number of nitriles is 6. The van der Waals surface area contributed by atoms with Gasteiger partial charge in [-0.25, -0.2) is 0 Å². The van der Waals surface area contributed by atoms with Gasteiger partial charge in [0.15, 0.2) is 10.8 Å². The molecule has 1 rings (SSSR count). The van der Waals surface area contributed by atoms with Gasteiger partial charge in [0.25, 0.3) is 0 Å². The third-order valence-electron chi connectivity index (χ3n) is 4.23. The Morgan fingerprint density at radius 3 is 1.05 bits per heavy atom. The zero-order valence-electron chi connectivity index (χ0n) is 11.4. The first-order valence-electron chi connectivity index (χ1n) is 6.55. The van der Waals surface area contributed by atoms with Crippen LogP contribution in [0.1, 0.15) is 38.5 Å². The maximum atomic E-state index is 9.57. The molecular formula is C15H12N6. The van der Waals surface area contributed by atoms with Gasteiger partial charge in [0, 0.05) is 0 Å². The first kappa shape index (κ1) is 16.0. The minimum Gasteiger partial charge on any atom is -0.196 e. The van der Waals surface area contributed by atoms with Crippen LogP contribution in [0.5, 0.6) is 0 Å². The maximum Gasteiger partial charge on any atom is 0.206 e. The lowest BCUT2D eigenvalue weighted by Crippen LogP contribution is -2.50. The molecule has 0 bridgehead atoms. The summed E-state index contributed by atoms with van der Waals surface area (Å²) in [6.07, 6.45) is 2.47. The third-order valence-corrected chi connectivity index (χ3v) is 4.23. The molecule has 0 aromatic heterocycles.